The number of nitrogens with one attached hydrogen (secondary N) is 3. The van der Waals surface area contributed by atoms with Crippen molar-refractivity contribution in [1.29, 1.82) is 0 Å². The zero-order chi connectivity index (χ0) is 20.5. The highest BCUT2D eigenvalue weighted by atomic mass is 19.4. The Labute approximate surface area is 160 Å². The summed E-state index contributed by atoms with van der Waals surface area (Å²) < 4.78 is 39.2. The zero-order valence-electron chi connectivity index (χ0n) is 15.7. The van der Waals surface area contributed by atoms with Gasteiger partial charge in [-0.15, -0.1) is 0 Å². The molecule has 2 aromatic carbocycles. The Hall–Kier alpha value is -3.03. The Bertz CT molecular complexity index is 995. The van der Waals surface area contributed by atoms with Crippen molar-refractivity contribution >= 4 is 28.6 Å². The van der Waals surface area contributed by atoms with Crippen molar-refractivity contribution in [2.45, 2.75) is 33.0 Å². The number of carbonyl (C=O) groups is 1. The highest BCUT2D eigenvalue weighted by Crippen LogP contribution is 2.33. The van der Waals surface area contributed by atoms with E-state index in [4.69, 9.17) is 0 Å². The van der Waals surface area contributed by atoms with Crippen molar-refractivity contribution in [2.75, 3.05) is 10.6 Å². The van der Waals surface area contributed by atoms with Gasteiger partial charge in [0.15, 0.2) is 0 Å². The molecular weight excluding hydrogens is 369 g/mol. The molecule has 0 saturated heterocycles. The van der Waals surface area contributed by atoms with Gasteiger partial charge in [-0.3, -0.25) is 4.79 Å². The number of hydrogen-bond donors (Lipinski definition) is 3. The van der Waals surface area contributed by atoms with Crippen molar-refractivity contribution in [3.8, 4) is 0 Å². The number of hydrogen-bond acceptors (Lipinski definition) is 3. The van der Waals surface area contributed by atoms with Crippen LogP contribution in [-0.4, -0.2) is 15.9 Å². The van der Waals surface area contributed by atoms with Gasteiger partial charge in [-0.2, -0.15) is 13.2 Å². The first-order valence-electron chi connectivity index (χ1n) is 8.85. The minimum absolute atomic E-state index is 0.00603. The van der Waals surface area contributed by atoms with E-state index in [2.05, 4.69) is 20.6 Å². The molecule has 0 spiro atoms. The molecule has 1 unspecified atom stereocenters. The molecule has 1 atom stereocenters. The van der Waals surface area contributed by atoms with Crippen LogP contribution in [0.5, 0.6) is 0 Å². The first-order chi connectivity index (χ1) is 13.1. The number of anilines is 2. The standard InChI is InChI=1S/C20H21F3N4O/c1-11(2)17(13-6-4-7-14(10-13)20(21,22)23)26-19-25-16-9-5-8-15(18(16)27-19)24-12(3)28/h4-11,17H,1-3H3,(H,24,28)(H2,25,26,27). The lowest BCUT2D eigenvalue weighted by Crippen LogP contribution is -2.18. The van der Waals surface area contributed by atoms with Gasteiger partial charge >= 0.3 is 6.18 Å². The molecule has 8 heteroatoms. The maximum atomic E-state index is 13.1. The molecule has 3 aromatic rings. The second-order valence-electron chi connectivity index (χ2n) is 6.96. The average molecular weight is 390 g/mol. The Kier molecular flexibility index (Phi) is 5.31. The molecule has 1 amide bonds. The number of amides is 1. The van der Waals surface area contributed by atoms with Gasteiger partial charge in [0.05, 0.1) is 22.8 Å². The minimum Gasteiger partial charge on any atom is -0.349 e. The van der Waals surface area contributed by atoms with Crippen molar-refractivity contribution in [2.24, 2.45) is 5.92 Å². The molecular formula is C20H21F3N4O. The normalized spacial score (nSPS) is 13.0. The van der Waals surface area contributed by atoms with Crippen LogP contribution in [0, 0.1) is 5.92 Å². The zero-order valence-corrected chi connectivity index (χ0v) is 15.7. The number of halogens is 3. The second kappa shape index (κ2) is 7.53. The van der Waals surface area contributed by atoms with Gasteiger partial charge in [0.1, 0.15) is 5.52 Å². The third-order valence-electron chi connectivity index (χ3n) is 4.36. The predicted octanol–water partition coefficient (Wildman–Crippen LogP) is 5.35. The largest absolute Gasteiger partial charge is 0.416 e. The maximum absolute atomic E-state index is 13.1. The van der Waals surface area contributed by atoms with E-state index >= 15 is 0 Å². The molecule has 3 rings (SSSR count). The van der Waals surface area contributed by atoms with E-state index in [1.165, 1.54) is 13.0 Å². The van der Waals surface area contributed by atoms with Crippen molar-refractivity contribution in [1.82, 2.24) is 9.97 Å². The molecule has 0 saturated carbocycles. The van der Waals surface area contributed by atoms with Crippen LogP contribution in [0.4, 0.5) is 24.8 Å². The van der Waals surface area contributed by atoms with E-state index in [0.29, 0.717) is 28.2 Å². The first-order valence-corrected chi connectivity index (χ1v) is 8.85. The lowest BCUT2D eigenvalue weighted by molar-refractivity contribution is -0.137. The van der Waals surface area contributed by atoms with Crippen LogP contribution in [0.15, 0.2) is 42.5 Å². The van der Waals surface area contributed by atoms with Gasteiger partial charge in [0.25, 0.3) is 0 Å². The van der Waals surface area contributed by atoms with Crippen molar-refractivity contribution in [3.63, 3.8) is 0 Å². The predicted molar refractivity (Wildman–Crippen MR) is 103 cm³/mol. The van der Waals surface area contributed by atoms with Gasteiger partial charge in [0, 0.05) is 6.92 Å². The summed E-state index contributed by atoms with van der Waals surface area (Å²) in [6.45, 7) is 5.25. The van der Waals surface area contributed by atoms with E-state index in [-0.39, 0.29) is 17.9 Å². The summed E-state index contributed by atoms with van der Waals surface area (Å²) in [6.07, 6.45) is -4.40. The van der Waals surface area contributed by atoms with Crippen LogP contribution >= 0.6 is 0 Å². The van der Waals surface area contributed by atoms with E-state index in [0.717, 1.165) is 12.1 Å². The Balaban J connectivity index is 1.94. The molecule has 0 radical (unpaired) electrons. The summed E-state index contributed by atoms with van der Waals surface area (Å²) in [5, 5.41) is 5.92. The molecule has 3 N–H and O–H groups in total. The molecule has 0 aliphatic rings. The van der Waals surface area contributed by atoms with Crippen molar-refractivity contribution < 1.29 is 18.0 Å². The summed E-state index contributed by atoms with van der Waals surface area (Å²) in [6, 6.07) is 10.2. The minimum atomic E-state index is -4.40. The van der Waals surface area contributed by atoms with E-state index in [1.807, 2.05) is 19.9 Å². The lowest BCUT2D eigenvalue weighted by atomic mass is 9.94. The fraction of sp³-hybridized carbons (Fsp3) is 0.300. The number of benzene rings is 2. The smallest absolute Gasteiger partial charge is 0.349 e. The number of para-hydroxylation sites is 1. The third-order valence-corrected chi connectivity index (χ3v) is 4.36. The van der Waals surface area contributed by atoms with Crippen LogP contribution < -0.4 is 10.6 Å². The number of fused-ring (bicyclic) bond motifs is 1. The number of nitrogens with zero attached hydrogens (tertiary/aromatic N) is 1. The number of imidazole rings is 1. The Morgan fingerprint density at radius 1 is 1.14 bits per heavy atom. The summed E-state index contributed by atoms with van der Waals surface area (Å²) >= 11 is 0. The fourth-order valence-electron chi connectivity index (χ4n) is 3.08. The summed E-state index contributed by atoms with van der Waals surface area (Å²) in [5.74, 6) is 0.212. The monoisotopic (exact) mass is 390 g/mol. The van der Waals surface area contributed by atoms with Gasteiger partial charge < -0.3 is 15.6 Å². The molecule has 28 heavy (non-hydrogen) atoms. The Morgan fingerprint density at radius 3 is 2.50 bits per heavy atom. The van der Waals surface area contributed by atoms with Crippen LogP contribution in [-0.2, 0) is 11.0 Å². The molecule has 148 valence electrons. The number of aromatic amines is 1. The third kappa shape index (κ3) is 4.27. The Morgan fingerprint density at radius 2 is 1.86 bits per heavy atom. The number of rotatable bonds is 5. The second-order valence-corrected chi connectivity index (χ2v) is 6.96. The van der Waals surface area contributed by atoms with Crippen molar-refractivity contribution in [3.05, 3.63) is 53.6 Å². The highest BCUT2D eigenvalue weighted by molar-refractivity contribution is 5.99. The molecule has 1 heterocycles. The van der Waals surface area contributed by atoms with E-state index in [9.17, 15) is 18.0 Å². The fourth-order valence-corrected chi connectivity index (χ4v) is 3.08. The van der Waals surface area contributed by atoms with Gasteiger partial charge in [-0.25, -0.2) is 4.98 Å². The quantitative estimate of drug-likeness (QED) is 0.550. The van der Waals surface area contributed by atoms with E-state index in [1.54, 1.807) is 18.2 Å². The van der Waals surface area contributed by atoms with Crippen LogP contribution in [0.3, 0.4) is 0 Å². The van der Waals surface area contributed by atoms with Crippen LogP contribution in [0.25, 0.3) is 11.0 Å². The van der Waals surface area contributed by atoms with E-state index < -0.39 is 11.7 Å². The molecule has 0 bridgehead atoms. The van der Waals surface area contributed by atoms with Gasteiger partial charge in [0.2, 0.25) is 11.9 Å². The topological polar surface area (TPSA) is 69.8 Å². The summed E-state index contributed by atoms with van der Waals surface area (Å²) in [7, 11) is 0. The highest BCUT2D eigenvalue weighted by Gasteiger charge is 2.31. The molecule has 1 aromatic heterocycles. The maximum Gasteiger partial charge on any atom is 0.416 e. The summed E-state index contributed by atoms with van der Waals surface area (Å²) in [5.41, 5.74) is 1.68. The molecule has 5 nitrogen and oxygen atoms in total. The lowest BCUT2D eigenvalue weighted by Gasteiger charge is -2.23. The number of aromatic nitrogens is 2. The van der Waals surface area contributed by atoms with Gasteiger partial charge in [-0.1, -0.05) is 32.0 Å². The van der Waals surface area contributed by atoms with Gasteiger partial charge in [-0.05, 0) is 35.7 Å². The number of H-pyrrole nitrogens is 1. The molecule has 0 aliphatic heterocycles. The molecule has 0 fully saturated rings. The summed E-state index contributed by atoms with van der Waals surface area (Å²) in [4.78, 5) is 19.0. The van der Waals surface area contributed by atoms with Crippen LogP contribution in [0.2, 0.25) is 0 Å². The first kappa shape index (κ1) is 19.7. The SMILES string of the molecule is CC(=O)Nc1cccc2[nH]c(NC(c3cccc(C(F)(F)F)c3)C(C)C)nc12. The van der Waals surface area contributed by atoms with Crippen LogP contribution in [0.1, 0.15) is 37.9 Å². The number of alkyl halides is 3. The number of carbonyl (C=O) groups excluding carboxylic acids is 1. The molecule has 0 aliphatic carbocycles. The average Bonchev–Trinajstić information content (AvgIpc) is 3.02.